The van der Waals surface area contributed by atoms with Gasteiger partial charge in [-0.15, -0.1) is 16.8 Å². The quantitative estimate of drug-likeness (QED) is 0.348. The van der Waals surface area contributed by atoms with Gasteiger partial charge in [0.2, 0.25) is 0 Å². The van der Waals surface area contributed by atoms with Crippen molar-refractivity contribution in [2.45, 2.75) is 43.1 Å². The van der Waals surface area contributed by atoms with E-state index in [-0.39, 0.29) is 5.63 Å². The van der Waals surface area contributed by atoms with Crippen molar-refractivity contribution < 1.29 is 4.42 Å². The third-order valence-electron chi connectivity index (χ3n) is 4.47. The molecule has 0 bridgehead atoms. The number of benzene rings is 1. The van der Waals surface area contributed by atoms with Crippen LogP contribution >= 0.6 is 23.4 Å². The van der Waals surface area contributed by atoms with E-state index < -0.39 is 0 Å². The van der Waals surface area contributed by atoms with Gasteiger partial charge in [0.05, 0.1) is 0 Å². The zero-order valence-corrected chi connectivity index (χ0v) is 15.9. The Morgan fingerprint density at radius 3 is 2.92 bits per heavy atom. The molecule has 1 fully saturated rings. The third kappa shape index (κ3) is 3.31. The highest BCUT2D eigenvalue weighted by atomic mass is 35.5. The second-order valence-corrected chi connectivity index (χ2v) is 7.84. The smallest absolute Gasteiger partial charge is 0.336 e. The second-order valence-electron chi connectivity index (χ2n) is 6.49. The van der Waals surface area contributed by atoms with Crippen molar-refractivity contribution >= 4 is 34.3 Å². The van der Waals surface area contributed by atoms with E-state index in [1.165, 1.54) is 18.9 Å². The van der Waals surface area contributed by atoms with E-state index in [1.807, 2.05) is 19.1 Å². The van der Waals surface area contributed by atoms with Crippen LogP contribution in [0.1, 0.15) is 35.7 Å². The summed E-state index contributed by atoms with van der Waals surface area (Å²) >= 11 is 7.82. The molecule has 0 amide bonds. The second kappa shape index (κ2) is 6.93. The number of aryl methyl sites for hydroxylation is 1. The maximum atomic E-state index is 11.9. The number of fused-ring (bicyclic) bond motifs is 1. The van der Waals surface area contributed by atoms with Crippen molar-refractivity contribution in [2.24, 2.45) is 0 Å². The van der Waals surface area contributed by atoms with Crippen LogP contribution < -0.4 is 5.63 Å². The maximum Gasteiger partial charge on any atom is 0.336 e. The van der Waals surface area contributed by atoms with Gasteiger partial charge in [0.15, 0.2) is 5.16 Å². The summed E-state index contributed by atoms with van der Waals surface area (Å²) in [4.78, 5) is 11.9. The molecule has 0 aliphatic heterocycles. The van der Waals surface area contributed by atoms with Gasteiger partial charge in [-0.1, -0.05) is 29.4 Å². The molecule has 7 heteroatoms. The number of thioether (sulfide) groups is 1. The summed E-state index contributed by atoms with van der Waals surface area (Å²) in [5.74, 6) is 2.13. The number of aromatic nitrogens is 3. The fourth-order valence-corrected chi connectivity index (χ4v) is 4.07. The summed E-state index contributed by atoms with van der Waals surface area (Å²) in [7, 11) is 0. The predicted octanol–water partition coefficient (Wildman–Crippen LogP) is 4.70. The van der Waals surface area contributed by atoms with Crippen LogP contribution in [0, 0.1) is 6.92 Å². The predicted molar refractivity (Wildman–Crippen MR) is 104 cm³/mol. The lowest BCUT2D eigenvalue weighted by molar-refractivity contribution is 0.559. The highest BCUT2D eigenvalue weighted by molar-refractivity contribution is 7.98. The normalized spacial score (nSPS) is 14.1. The van der Waals surface area contributed by atoms with Gasteiger partial charge in [0.25, 0.3) is 0 Å². The highest BCUT2D eigenvalue weighted by Crippen LogP contribution is 2.40. The van der Waals surface area contributed by atoms with Crippen molar-refractivity contribution in [2.75, 3.05) is 0 Å². The molecule has 0 unspecified atom stereocenters. The highest BCUT2D eigenvalue weighted by Gasteiger charge is 2.30. The molecule has 2 aromatic heterocycles. The number of hydrogen-bond acceptors (Lipinski definition) is 5. The molecule has 5 nitrogen and oxygen atoms in total. The molecule has 3 aromatic rings. The molecule has 0 spiro atoms. The van der Waals surface area contributed by atoms with Crippen LogP contribution in [0.4, 0.5) is 0 Å². The van der Waals surface area contributed by atoms with Crippen LogP contribution in [-0.2, 0) is 12.3 Å². The summed E-state index contributed by atoms with van der Waals surface area (Å²) in [5, 5.41) is 11.1. The minimum atomic E-state index is -0.360. The van der Waals surface area contributed by atoms with Crippen molar-refractivity contribution in [1.29, 1.82) is 0 Å². The van der Waals surface area contributed by atoms with Gasteiger partial charge < -0.3 is 8.98 Å². The molecule has 1 saturated carbocycles. The number of hydrogen-bond donors (Lipinski definition) is 0. The SMILES string of the molecule is C=CCn1c(SCc2cc(=O)oc3cc(C)c(Cl)cc23)nnc1C1CC1. The van der Waals surface area contributed by atoms with E-state index in [9.17, 15) is 4.79 Å². The molecule has 0 saturated heterocycles. The minimum absolute atomic E-state index is 0.360. The lowest BCUT2D eigenvalue weighted by Crippen LogP contribution is -2.04. The van der Waals surface area contributed by atoms with E-state index in [0.29, 0.717) is 28.8 Å². The Morgan fingerprint density at radius 1 is 1.38 bits per heavy atom. The van der Waals surface area contributed by atoms with Crippen LogP contribution in [0.15, 0.2) is 45.2 Å². The largest absolute Gasteiger partial charge is 0.423 e. The Morgan fingerprint density at radius 2 is 2.19 bits per heavy atom. The lowest BCUT2D eigenvalue weighted by Gasteiger charge is -2.09. The van der Waals surface area contributed by atoms with Crippen molar-refractivity contribution in [3.8, 4) is 0 Å². The first-order chi connectivity index (χ1) is 12.6. The first kappa shape index (κ1) is 17.4. The van der Waals surface area contributed by atoms with Gasteiger partial charge in [-0.05, 0) is 43.0 Å². The first-order valence-corrected chi connectivity index (χ1v) is 9.83. The number of nitrogens with zero attached hydrogens (tertiary/aromatic N) is 3. The van der Waals surface area contributed by atoms with E-state index in [1.54, 1.807) is 17.8 Å². The summed E-state index contributed by atoms with van der Waals surface area (Å²) < 4.78 is 7.44. The van der Waals surface area contributed by atoms with Gasteiger partial charge in [-0.25, -0.2) is 4.79 Å². The summed E-state index contributed by atoms with van der Waals surface area (Å²) in [6.07, 6.45) is 4.19. The Balaban J connectivity index is 1.67. The van der Waals surface area contributed by atoms with Crippen molar-refractivity contribution in [1.82, 2.24) is 14.8 Å². The minimum Gasteiger partial charge on any atom is -0.423 e. The number of rotatable bonds is 6. The first-order valence-electron chi connectivity index (χ1n) is 8.46. The van der Waals surface area contributed by atoms with E-state index in [2.05, 4.69) is 21.3 Å². The standard InChI is InChI=1S/C19H18ClN3O2S/c1-3-6-23-18(12-4-5-12)21-22-19(23)26-10-13-8-17(24)25-16-7-11(2)15(20)9-14(13)16/h3,7-9,12H,1,4-6,10H2,2H3. The average Bonchev–Trinajstić information content (AvgIpc) is 3.37. The average molecular weight is 388 g/mol. The molecule has 4 rings (SSSR count). The molecule has 0 N–H and O–H groups in total. The molecule has 2 heterocycles. The van der Waals surface area contributed by atoms with Gasteiger partial charge >= 0.3 is 5.63 Å². The summed E-state index contributed by atoms with van der Waals surface area (Å²) in [5.41, 5.74) is 1.96. The molecule has 1 aliphatic rings. The summed E-state index contributed by atoms with van der Waals surface area (Å²) in [6, 6.07) is 5.19. The fourth-order valence-electron chi connectivity index (χ4n) is 2.96. The monoisotopic (exact) mass is 387 g/mol. The van der Waals surface area contributed by atoms with Crippen LogP contribution in [-0.4, -0.2) is 14.8 Å². The van der Waals surface area contributed by atoms with Gasteiger partial charge in [-0.3, -0.25) is 0 Å². The third-order valence-corrected chi connectivity index (χ3v) is 5.89. The molecule has 1 aliphatic carbocycles. The summed E-state index contributed by atoms with van der Waals surface area (Å²) in [6.45, 7) is 6.41. The number of halogens is 1. The van der Waals surface area contributed by atoms with E-state index in [4.69, 9.17) is 16.0 Å². The van der Waals surface area contributed by atoms with Crippen LogP contribution in [0.3, 0.4) is 0 Å². The lowest BCUT2D eigenvalue weighted by atomic mass is 10.1. The molecular weight excluding hydrogens is 370 g/mol. The maximum absolute atomic E-state index is 11.9. The van der Waals surface area contributed by atoms with E-state index >= 15 is 0 Å². The molecular formula is C19H18ClN3O2S. The van der Waals surface area contributed by atoms with E-state index in [0.717, 1.165) is 27.5 Å². The topological polar surface area (TPSA) is 60.9 Å². The molecule has 0 radical (unpaired) electrons. The number of allylic oxidation sites excluding steroid dienone is 1. The molecule has 0 atom stereocenters. The zero-order chi connectivity index (χ0) is 18.3. The van der Waals surface area contributed by atoms with Crippen LogP contribution in [0.2, 0.25) is 5.02 Å². The Hall–Kier alpha value is -2.05. The van der Waals surface area contributed by atoms with Crippen molar-refractivity contribution in [3.05, 3.63) is 63.2 Å². The molecule has 26 heavy (non-hydrogen) atoms. The Labute approximate surface area is 160 Å². The van der Waals surface area contributed by atoms with Crippen LogP contribution in [0.25, 0.3) is 11.0 Å². The fraction of sp³-hybridized carbons (Fsp3) is 0.316. The van der Waals surface area contributed by atoms with Crippen molar-refractivity contribution in [3.63, 3.8) is 0 Å². The van der Waals surface area contributed by atoms with Gasteiger partial charge in [0.1, 0.15) is 11.4 Å². The Kier molecular flexibility index (Phi) is 4.63. The molecule has 134 valence electrons. The van der Waals surface area contributed by atoms with Crippen LogP contribution in [0.5, 0.6) is 0 Å². The van der Waals surface area contributed by atoms with Gasteiger partial charge in [0, 0.05) is 34.7 Å². The Bertz CT molecular complexity index is 1050. The molecule has 1 aromatic carbocycles. The zero-order valence-electron chi connectivity index (χ0n) is 14.4. The van der Waals surface area contributed by atoms with Gasteiger partial charge in [-0.2, -0.15) is 0 Å².